The van der Waals surface area contributed by atoms with Gasteiger partial charge < -0.3 is 0 Å². The van der Waals surface area contributed by atoms with Crippen LogP contribution in [0.1, 0.15) is 24.0 Å². The van der Waals surface area contributed by atoms with Gasteiger partial charge in [-0.1, -0.05) is 28.1 Å². The summed E-state index contributed by atoms with van der Waals surface area (Å²) in [5.41, 5.74) is 2.95. The Balaban J connectivity index is 2.10. The van der Waals surface area contributed by atoms with Gasteiger partial charge in [0.25, 0.3) is 0 Å². The first-order valence-electron chi connectivity index (χ1n) is 5.13. The highest BCUT2D eigenvalue weighted by molar-refractivity contribution is 9.10. The van der Waals surface area contributed by atoms with Crippen LogP contribution in [0.25, 0.3) is 0 Å². The molecule has 0 saturated heterocycles. The van der Waals surface area contributed by atoms with Crippen molar-refractivity contribution in [3.05, 3.63) is 33.8 Å². The average Bonchev–Trinajstić information content (AvgIpc) is 2.74. The molecule has 0 radical (unpaired) electrons. The van der Waals surface area contributed by atoms with Crippen LogP contribution in [0.4, 0.5) is 0 Å². The van der Waals surface area contributed by atoms with Gasteiger partial charge in [-0.3, -0.25) is 0 Å². The predicted octanol–water partition coefficient (Wildman–Crippen LogP) is 2.74. The molecule has 0 amide bonds. The number of rotatable bonds is 1. The molecule has 1 spiro atoms. The molecule has 2 atom stereocenters. The van der Waals surface area contributed by atoms with Crippen LogP contribution in [0, 0.1) is 0 Å². The number of isocyanates is 1. The van der Waals surface area contributed by atoms with E-state index in [-0.39, 0.29) is 11.5 Å². The Hall–Kier alpha value is -0.920. The number of hydrogen-bond donors (Lipinski definition) is 0. The van der Waals surface area contributed by atoms with Crippen molar-refractivity contribution in [2.45, 2.75) is 30.7 Å². The number of halogens is 1. The quantitative estimate of drug-likeness (QED) is 0.566. The van der Waals surface area contributed by atoms with E-state index in [1.165, 1.54) is 15.6 Å². The van der Waals surface area contributed by atoms with Crippen molar-refractivity contribution in [3.63, 3.8) is 0 Å². The fraction of sp³-hybridized carbons (Fsp3) is 0.417. The number of aryl methyl sites for hydroxylation is 1. The zero-order valence-corrected chi connectivity index (χ0v) is 9.75. The summed E-state index contributed by atoms with van der Waals surface area (Å²) in [6.07, 6.45) is 4.94. The van der Waals surface area contributed by atoms with Crippen LogP contribution < -0.4 is 0 Å². The number of aliphatic imine (C=N–C) groups is 1. The molecule has 0 heterocycles. The molecule has 15 heavy (non-hydrogen) atoms. The molecule has 3 rings (SSSR count). The molecule has 2 nitrogen and oxygen atoms in total. The van der Waals surface area contributed by atoms with Crippen molar-refractivity contribution in [2.75, 3.05) is 0 Å². The first-order chi connectivity index (χ1) is 7.28. The van der Waals surface area contributed by atoms with Gasteiger partial charge in [-0.25, -0.2) is 9.79 Å². The number of carbonyl (C=O) groups excluding carboxylic acids is 1. The van der Waals surface area contributed by atoms with Crippen LogP contribution in [0.5, 0.6) is 0 Å². The molecule has 1 fully saturated rings. The molecule has 0 aliphatic heterocycles. The van der Waals surface area contributed by atoms with Gasteiger partial charge in [0, 0.05) is 9.89 Å². The van der Waals surface area contributed by atoms with E-state index in [0.717, 1.165) is 19.3 Å². The molecule has 1 aromatic rings. The second kappa shape index (κ2) is 3.03. The van der Waals surface area contributed by atoms with Gasteiger partial charge in [-0.15, -0.1) is 0 Å². The lowest BCUT2D eigenvalue weighted by molar-refractivity contribution is 0.559. The molecular weight excluding hydrogens is 254 g/mol. The normalized spacial score (nSPS) is 31.1. The van der Waals surface area contributed by atoms with E-state index < -0.39 is 0 Å². The van der Waals surface area contributed by atoms with Crippen LogP contribution in [0.15, 0.2) is 27.7 Å². The number of hydrogen-bond acceptors (Lipinski definition) is 2. The van der Waals surface area contributed by atoms with Crippen molar-refractivity contribution < 1.29 is 4.79 Å². The van der Waals surface area contributed by atoms with E-state index in [9.17, 15) is 4.79 Å². The highest BCUT2D eigenvalue weighted by Crippen LogP contribution is 2.60. The van der Waals surface area contributed by atoms with Gasteiger partial charge in [0.05, 0.1) is 6.04 Å². The van der Waals surface area contributed by atoms with E-state index in [1.807, 2.05) is 0 Å². The summed E-state index contributed by atoms with van der Waals surface area (Å²) in [6.45, 7) is 0. The second-order valence-electron chi connectivity index (χ2n) is 4.37. The van der Waals surface area contributed by atoms with E-state index in [0.29, 0.717) is 0 Å². The largest absolute Gasteiger partial charge is 0.235 e. The van der Waals surface area contributed by atoms with Crippen LogP contribution in [0.2, 0.25) is 0 Å². The van der Waals surface area contributed by atoms with Crippen molar-refractivity contribution in [1.82, 2.24) is 0 Å². The first-order valence-corrected chi connectivity index (χ1v) is 5.92. The minimum absolute atomic E-state index is 0.160. The van der Waals surface area contributed by atoms with Gasteiger partial charge >= 0.3 is 0 Å². The molecule has 1 aromatic carbocycles. The molecule has 2 aliphatic carbocycles. The maximum absolute atomic E-state index is 10.3. The zero-order valence-electron chi connectivity index (χ0n) is 8.16. The Bertz CT molecular complexity index is 479. The molecule has 0 aromatic heterocycles. The third-order valence-corrected chi connectivity index (χ3v) is 4.34. The van der Waals surface area contributed by atoms with Gasteiger partial charge in [0.1, 0.15) is 0 Å². The Morgan fingerprint density at radius 2 is 2.40 bits per heavy atom. The van der Waals surface area contributed by atoms with E-state index in [1.54, 1.807) is 6.08 Å². The maximum Gasteiger partial charge on any atom is 0.235 e. The van der Waals surface area contributed by atoms with Crippen molar-refractivity contribution >= 4 is 22.0 Å². The molecular formula is C12H10BrNO. The average molecular weight is 264 g/mol. The number of benzene rings is 1. The molecule has 1 saturated carbocycles. The SMILES string of the molecule is O=C=N[C@@H]1C[C@]12CCc1cccc(Br)c12. The second-order valence-corrected chi connectivity index (χ2v) is 5.22. The van der Waals surface area contributed by atoms with Crippen LogP contribution in [0.3, 0.4) is 0 Å². The minimum Gasteiger partial charge on any atom is -0.211 e. The Kier molecular flexibility index (Phi) is 1.88. The predicted molar refractivity (Wildman–Crippen MR) is 60.7 cm³/mol. The molecule has 76 valence electrons. The zero-order chi connectivity index (χ0) is 10.5. The Labute approximate surface area is 96.5 Å². The lowest BCUT2D eigenvalue weighted by Gasteiger charge is -2.10. The third-order valence-electron chi connectivity index (χ3n) is 3.68. The van der Waals surface area contributed by atoms with E-state index in [4.69, 9.17) is 0 Å². The summed E-state index contributed by atoms with van der Waals surface area (Å²) < 4.78 is 1.17. The molecule has 0 bridgehead atoms. The van der Waals surface area contributed by atoms with E-state index >= 15 is 0 Å². The molecule has 2 aliphatic rings. The van der Waals surface area contributed by atoms with Crippen molar-refractivity contribution in [3.8, 4) is 0 Å². The monoisotopic (exact) mass is 263 g/mol. The highest BCUT2D eigenvalue weighted by Gasteiger charge is 2.59. The minimum atomic E-state index is 0.160. The van der Waals surface area contributed by atoms with Crippen LogP contribution >= 0.6 is 15.9 Å². The fourth-order valence-electron chi connectivity index (χ4n) is 2.87. The van der Waals surface area contributed by atoms with Gasteiger partial charge in [-0.05, 0) is 36.5 Å². The Morgan fingerprint density at radius 3 is 3.20 bits per heavy atom. The molecule has 0 N–H and O–H groups in total. The molecule has 0 unspecified atom stereocenters. The van der Waals surface area contributed by atoms with Crippen molar-refractivity contribution in [1.29, 1.82) is 0 Å². The van der Waals surface area contributed by atoms with Gasteiger partial charge in [0.2, 0.25) is 6.08 Å². The fourth-order valence-corrected chi connectivity index (χ4v) is 3.68. The number of fused-ring (bicyclic) bond motifs is 2. The lowest BCUT2D eigenvalue weighted by Crippen LogP contribution is -2.07. The topological polar surface area (TPSA) is 29.4 Å². The smallest absolute Gasteiger partial charge is 0.211 e. The summed E-state index contributed by atoms with van der Waals surface area (Å²) in [7, 11) is 0. The maximum atomic E-state index is 10.3. The Morgan fingerprint density at radius 1 is 1.53 bits per heavy atom. The van der Waals surface area contributed by atoms with Crippen molar-refractivity contribution in [2.24, 2.45) is 4.99 Å². The first kappa shape index (κ1) is 9.32. The summed E-state index contributed by atoms with van der Waals surface area (Å²) in [5, 5.41) is 0. The van der Waals surface area contributed by atoms with Crippen LogP contribution in [-0.4, -0.2) is 12.1 Å². The van der Waals surface area contributed by atoms with Gasteiger partial charge in [-0.2, -0.15) is 0 Å². The summed E-state index contributed by atoms with van der Waals surface area (Å²) >= 11 is 3.60. The summed E-state index contributed by atoms with van der Waals surface area (Å²) in [5.74, 6) is 0. The van der Waals surface area contributed by atoms with Gasteiger partial charge in [0.15, 0.2) is 0 Å². The van der Waals surface area contributed by atoms with E-state index in [2.05, 4.69) is 39.1 Å². The summed E-state index contributed by atoms with van der Waals surface area (Å²) in [6, 6.07) is 6.50. The lowest BCUT2D eigenvalue weighted by atomic mass is 9.98. The van der Waals surface area contributed by atoms with Crippen LogP contribution in [-0.2, 0) is 16.6 Å². The summed E-state index contributed by atoms with van der Waals surface area (Å²) in [4.78, 5) is 14.2. The standard InChI is InChI=1S/C12H10BrNO/c13-9-3-1-2-8-4-5-12(11(8)9)6-10(12)14-7-15/h1-3,10H,4-6H2/t10-,12-/m1/s1. The highest BCUT2D eigenvalue weighted by atomic mass is 79.9. The number of nitrogens with zero attached hydrogens (tertiary/aromatic N) is 1. The third kappa shape index (κ3) is 1.17. The molecule has 3 heteroatoms.